The maximum absolute atomic E-state index is 4.14. The molecule has 1 N–H and O–H groups in total. The summed E-state index contributed by atoms with van der Waals surface area (Å²) in [5.41, 5.74) is 1.30. The van der Waals surface area contributed by atoms with E-state index in [-0.39, 0.29) is 0 Å². The number of hydrogen-bond donors (Lipinski definition) is 1. The van der Waals surface area contributed by atoms with Crippen molar-refractivity contribution in [3.8, 4) is 0 Å². The lowest BCUT2D eigenvalue weighted by Crippen LogP contribution is -2.43. The van der Waals surface area contributed by atoms with Gasteiger partial charge in [-0.05, 0) is 38.1 Å². The molecule has 0 radical (unpaired) electrons. The molecule has 1 aromatic heterocycles. The van der Waals surface area contributed by atoms with Crippen molar-refractivity contribution >= 4 is 0 Å². The van der Waals surface area contributed by atoms with Gasteiger partial charge in [0.05, 0.1) is 0 Å². The summed E-state index contributed by atoms with van der Waals surface area (Å²) in [5, 5.41) is 3.44. The quantitative estimate of drug-likeness (QED) is 0.805. The minimum absolute atomic E-state index is 0.680. The number of nitrogens with zero attached hydrogens (tertiary/aromatic N) is 2. The molecule has 15 heavy (non-hydrogen) atoms. The minimum atomic E-state index is 0.680. The van der Waals surface area contributed by atoms with E-state index in [4.69, 9.17) is 0 Å². The van der Waals surface area contributed by atoms with Gasteiger partial charge in [-0.15, -0.1) is 0 Å². The van der Waals surface area contributed by atoms with Crippen LogP contribution in [0.4, 0.5) is 0 Å². The van der Waals surface area contributed by atoms with Crippen LogP contribution >= 0.6 is 0 Å². The zero-order valence-electron chi connectivity index (χ0n) is 9.32. The molecule has 3 heteroatoms. The molecule has 3 nitrogen and oxygen atoms in total. The third-order valence-corrected chi connectivity index (χ3v) is 3.05. The van der Waals surface area contributed by atoms with Crippen LogP contribution in [0.1, 0.15) is 18.4 Å². The van der Waals surface area contributed by atoms with Gasteiger partial charge in [0.25, 0.3) is 0 Å². The Balaban J connectivity index is 1.88. The van der Waals surface area contributed by atoms with Crippen LogP contribution < -0.4 is 5.32 Å². The third-order valence-electron chi connectivity index (χ3n) is 3.05. The molecule has 0 amide bonds. The van der Waals surface area contributed by atoms with Gasteiger partial charge >= 0.3 is 0 Å². The summed E-state index contributed by atoms with van der Waals surface area (Å²) < 4.78 is 0. The van der Waals surface area contributed by atoms with Crippen LogP contribution in [0, 0.1) is 0 Å². The number of aromatic nitrogens is 1. The highest BCUT2D eigenvalue weighted by atomic mass is 15.2. The predicted octanol–water partition coefficient (Wildman–Crippen LogP) is 1.27. The van der Waals surface area contributed by atoms with E-state index in [1.807, 2.05) is 18.5 Å². The topological polar surface area (TPSA) is 28.2 Å². The second kappa shape index (κ2) is 5.24. The molecule has 0 bridgehead atoms. The Hall–Kier alpha value is -0.930. The van der Waals surface area contributed by atoms with E-state index in [0.717, 1.165) is 13.1 Å². The average Bonchev–Trinajstić information content (AvgIpc) is 2.31. The fourth-order valence-corrected chi connectivity index (χ4v) is 2.12. The Labute approximate surface area is 91.5 Å². The van der Waals surface area contributed by atoms with E-state index in [1.165, 1.54) is 24.9 Å². The first-order valence-corrected chi connectivity index (χ1v) is 5.66. The zero-order valence-corrected chi connectivity index (χ0v) is 9.32. The van der Waals surface area contributed by atoms with Gasteiger partial charge in [-0.25, -0.2) is 0 Å². The summed E-state index contributed by atoms with van der Waals surface area (Å²) in [7, 11) is 2.20. The largest absolute Gasteiger partial charge is 0.315 e. The van der Waals surface area contributed by atoms with Crippen molar-refractivity contribution in [2.45, 2.75) is 25.4 Å². The predicted molar refractivity (Wildman–Crippen MR) is 61.6 cm³/mol. The number of likely N-dealkylation sites (N-methyl/N-ethyl adjacent to an activating group) is 1. The van der Waals surface area contributed by atoms with E-state index < -0.39 is 0 Å². The van der Waals surface area contributed by atoms with Crippen molar-refractivity contribution < 1.29 is 0 Å². The van der Waals surface area contributed by atoms with Crippen LogP contribution in [0.3, 0.4) is 0 Å². The molecule has 1 aliphatic heterocycles. The van der Waals surface area contributed by atoms with Gasteiger partial charge in [0.1, 0.15) is 0 Å². The van der Waals surface area contributed by atoms with Crippen LogP contribution in [0.25, 0.3) is 0 Å². The van der Waals surface area contributed by atoms with Gasteiger partial charge in [0.2, 0.25) is 0 Å². The standard InChI is InChI=1S/C12H19N3/c1-15(12-5-3-7-14-9-12)10-11-4-2-6-13-8-11/h2,4,6,8,12,14H,3,5,7,9-10H2,1H3. The monoisotopic (exact) mass is 205 g/mol. The Morgan fingerprint density at radius 1 is 1.60 bits per heavy atom. The van der Waals surface area contributed by atoms with Crippen molar-refractivity contribution in [2.24, 2.45) is 0 Å². The number of rotatable bonds is 3. The highest BCUT2D eigenvalue weighted by molar-refractivity contribution is 5.08. The zero-order chi connectivity index (χ0) is 10.5. The van der Waals surface area contributed by atoms with Gasteiger partial charge in [0, 0.05) is 31.5 Å². The van der Waals surface area contributed by atoms with Crippen LogP contribution in [-0.2, 0) is 6.54 Å². The molecule has 0 spiro atoms. The van der Waals surface area contributed by atoms with E-state index in [9.17, 15) is 0 Å². The number of piperidine rings is 1. The highest BCUT2D eigenvalue weighted by Crippen LogP contribution is 2.11. The summed E-state index contributed by atoms with van der Waals surface area (Å²) in [4.78, 5) is 6.56. The molecule has 1 aromatic rings. The highest BCUT2D eigenvalue weighted by Gasteiger charge is 2.17. The van der Waals surface area contributed by atoms with E-state index >= 15 is 0 Å². The first kappa shape index (κ1) is 10.6. The number of hydrogen-bond acceptors (Lipinski definition) is 3. The van der Waals surface area contributed by atoms with Crippen LogP contribution in [0.5, 0.6) is 0 Å². The van der Waals surface area contributed by atoms with E-state index in [0.29, 0.717) is 6.04 Å². The molecular formula is C12H19N3. The van der Waals surface area contributed by atoms with E-state index in [1.54, 1.807) is 0 Å². The normalized spacial score (nSPS) is 21.9. The Morgan fingerprint density at radius 2 is 2.53 bits per heavy atom. The summed E-state index contributed by atoms with van der Waals surface area (Å²) in [6.07, 6.45) is 6.38. The van der Waals surface area contributed by atoms with Crippen molar-refractivity contribution in [1.29, 1.82) is 0 Å². The second-order valence-corrected chi connectivity index (χ2v) is 4.28. The molecule has 2 heterocycles. The second-order valence-electron chi connectivity index (χ2n) is 4.28. The lowest BCUT2D eigenvalue weighted by atomic mass is 10.1. The van der Waals surface area contributed by atoms with Crippen LogP contribution in [0.15, 0.2) is 24.5 Å². The summed E-state index contributed by atoms with van der Waals surface area (Å²) in [5.74, 6) is 0. The molecular weight excluding hydrogens is 186 g/mol. The summed E-state index contributed by atoms with van der Waals surface area (Å²) in [6.45, 7) is 3.30. The molecule has 1 atom stereocenters. The summed E-state index contributed by atoms with van der Waals surface area (Å²) >= 11 is 0. The maximum atomic E-state index is 4.14. The molecule has 1 fully saturated rings. The Morgan fingerprint density at radius 3 is 3.20 bits per heavy atom. The molecule has 2 rings (SSSR count). The first-order chi connectivity index (χ1) is 7.36. The van der Waals surface area contributed by atoms with Gasteiger partial charge in [-0.1, -0.05) is 6.07 Å². The van der Waals surface area contributed by atoms with Crippen LogP contribution in [-0.4, -0.2) is 36.1 Å². The maximum Gasteiger partial charge on any atom is 0.0312 e. The molecule has 0 aromatic carbocycles. The van der Waals surface area contributed by atoms with Crippen molar-refractivity contribution in [2.75, 3.05) is 20.1 Å². The van der Waals surface area contributed by atoms with Gasteiger partial charge < -0.3 is 5.32 Å². The smallest absolute Gasteiger partial charge is 0.0312 e. The molecule has 0 saturated carbocycles. The van der Waals surface area contributed by atoms with Gasteiger partial charge in [-0.3, -0.25) is 9.88 Å². The van der Waals surface area contributed by atoms with Crippen LogP contribution in [0.2, 0.25) is 0 Å². The molecule has 0 aliphatic carbocycles. The SMILES string of the molecule is CN(Cc1cccnc1)C1CCCNC1. The third kappa shape index (κ3) is 3.01. The van der Waals surface area contributed by atoms with Gasteiger partial charge in [0.15, 0.2) is 0 Å². The number of pyridine rings is 1. The molecule has 82 valence electrons. The van der Waals surface area contributed by atoms with Crippen molar-refractivity contribution in [1.82, 2.24) is 15.2 Å². The summed E-state index contributed by atoms with van der Waals surface area (Å²) in [6, 6.07) is 4.82. The van der Waals surface area contributed by atoms with Gasteiger partial charge in [-0.2, -0.15) is 0 Å². The van der Waals surface area contributed by atoms with Crippen molar-refractivity contribution in [3.05, 3.63) is 30.1 Å². The average molecular weight is 205 g/mol. The fraction of sp³-hybridized carbons (Fsp3) is 0.583. The minimum Gasteiger partial charge on any atom is -0.315 e. The van der Waals surface area contributed by atoms with Crippen molar-refractivity contribution in [3.63, 3.8) is 0 Å². The molecule has 1 unspecified atom stereocenters. The lowest BCUT2D eigenvalue weighted by molar-refractivity contribution is 0.195. The first-order valence-electron chi connectivity index (χ1n) is 5.66. The Kier molecular flexibility index (Phi) is 3.69. The molecule has 1 aliphatic rings. The lowest BCUT2D eigenvalue weighted by Gasteiger charge is -2.31. The van der Waals surface area contributed by atoms with E-state index in [2.05, 4.69) is 28.3 Å². The number of nitrogens with one attached hydrogen (secondary N) is 1. The fourth-order valence-electron chi connectivity index (χ4n) is 2.12. The molecule has 1 saturated heterocycles. The Bertz CT molecular complexity index is 280.